The van der Waals surface area contributed by atoms with E-state index in [0.29, 0.717) is 17.3 Å². The van der Waals surface area contributed by atoms with Crippen LogP contribution in [-0.2, 0) is 41.7 Å². The van der Waals surface area contributed by atoms with Crippen molar-refractivity contribution in [3.05, 3.63) is 87.9 Å². The molecule has 0 spiro atoms. The van der Waals surface area contributed by atoms with Crippen molar-refractivity contribution in [1.82, 2.24) is 15.5 Å². The minimum Gasteiger partial charge on any atom is -0.311 e. The Bertz CT molecular complexity index is 1330. The highest BCUT2D eigenvalue weighted by molar-refractivity contribution is 7.15. The number of benzene rings is 2. The normalized spacial score (nSPS) is 17.2. The number of amidine groups is 1. The average Bonchev–Trinajstić information content (AvgIpc) is 3.31. The number of nitrogens with zero attached hydrogens (tertiary/aromatic N) is 2. The molecule has 4 N–H and O–H groups in total. The molecule has 2 amide bonds. The smallest absolute Gasteiger partial charge is 0.230 e. The molecule has 0 radical (unpaired) electrons. The first-order chi connectivity index (χ1) is 17.9. The van der Waals surface area contributed by atoms with Crippen LogP contribution < -0.4 is 10.6 Å². The van der Waals surface area contributed by atoms with E-state index in [9.17, 15) is 9.59 Å². The van der Waals surface area contributed by atoms with E-state index in [1.807, 2.05) is 36.4 Å². The lowest BCUT2D eigenvalue weighted by Crippen LogP contribution is -2.29. The molecular formula is C28H30N6O2S. The van der Waals surface area contributed by atoms with Crippen LogP contribution >= 0.6 is 11.3 Å². The molecule has 8 nitrogen and oxygen atoms in total. The number of nitrogens with one attached hydrogen (secondary N) is 4. The van der Waals surface area contributed by atoms with Gasteiger partial charge in [-0.15, -0.1) is 10.2 Å². The van der Waals surface area contributed by atoms with Gasteiger partial charge in [-0.25, -0.2) is 0 Å². The number of aryl methyl sites for hydroxylation is 3. The van der Waals surface area contributed by atoms with Gasteiger partial charge in [-0.1, -0.05) is 59.9 Å². The highest BCUT2D eigenvalue weighted by Gasteiger charge is 2.11. The third kappa shape index (κ3) is 8.57. The number of amides is 2. The maximum absolute atomic E-state index is 12.6. The van der Waals surface area contributed by atoms with Gasteiger partial charge < -0.3 is 16.0 Å². The van der Waals surface area contributed by atoms with Crippen molar-refractivity contribution in [1.29, 1.82) is 10.8 Å². The van der Waals surface area contributed by atoms with Crippen molar-refractivity contribution in [2.24, 2.45) is 0 Å². The highest BCUT2D eigenvalue weighted by Crippen LogP contribution is 2.19. The summed E-state index contributed by atoms with van der Waals surface area (Å²) in [6, 6.07) is 15.9. The van der Waals surface area contributed by atoms with Gasteiger partial charge in [-0.2, -0.15) is 0 Å². The molecule has 190 valence electrons. The van der Waals surface area contributed by atoms with Crippen LogP contribution in [0.15, 0.2) is 60.7 Å². The Morgan fingerprint density at radius 3 is 1.97 bits per heavy atom. The number of fused-ring (bicyclic) bond motifs is 6. The van der Waals surface area contributed by atoms with Crippen LogP contribution in [0.2, 0.25) is 0 Å². The first-order valence-corrected chi connectivity index (χ1v) is 13.2. The van der Waals surface area contributed by atoms with E-state index in [1.54, 1.807) is 6.08 Å². The van der Waals surface area contributed by atoms with Crippen molar-refractivity contribution in [2.75, 3.05) is 5.32 Å². The van der Waals surface area contributed by atoms with E-state index in [2.05, 4.69) is 33.0 Å². The van der Waals surface area contributed by atoms with Crippen molar-refractivity contribution in [3.63, 3.8) is 0 Å². The summed E-state index contributed by atoms with van der Waals surface area (Å²) in [5.41, 5.74) is 4.48. The van der Waals surface area contributed by atoms with Crippen LogP contribution in [0.4, 0.5) is 5.13 Å². The number of rotatable bonds is 0. The predicted octanol–water partition coefficient (Wildman–Crippen LogP) is 4.44. The second-order valence-electron chi connectivity index (χ2n) is 9.07. The van der Waals surface area contributed by atoms with E-state index in [0.717, 1.165) is 59.4 Å². The number of carbonyl (C=O) groups is 2. The lowest BCUT2D eigenvalue weighted by atomic mass is 9.99. The van der Waals surface area contributed by atoms with Gasteiger partial charge in [0.2, 0.25) is 16.9 Å². The number of carbonyl (C=O) groups excluding carboxylic acids is 2. The van der Waals surface area contributed by atoms with Gasteiger partial charge >= 0.3 is 0 Å². The van der Waals surface area contributed by atoms with Gasteiger partial charge in [0.15, 0.2) is 0 Å². The molecule has 9 heteroatoms. The lowest BCUT2D eigenvalue weighted by Gasteiger charge is -2.08. The summed E-state index contributed by atoms with van der Waals surface area (Å²) in [6.07, 6.45) is 7.97. The second-order valence-corrected chi connectivity index (χ2v) is 10.1. The number of hydrogen-bond donors (Lipinski definition) is 4. The van der Waals surface area contributed by atoms with Crippen LogP contribution in [0.25, 0.3) is 0 Å². The molecule has 4 rings (SSSR count). The van der Waals surface area contributed by atoms with E-state index in [1.165, 1.54) is 17.4 Å². The van der Waals surface area contributed by atoms with Crippen molar-refractivity contribution in [3.8, 4) is 0 Å². The molecule has 0 unspecified atom stereocenters. The van der Waals surface area contributed by atoms with Gasteiger partial charge in [0.25, 0.3) is 0 Å². The molecule has 1 aliphatic heterocycles. The maximum atomic E-state index is 12.6. The minimum atomic E-state index is -0.258. The molecule has 0 saturated carbocycles. The first kappa shape index (κ1) is 26.1. The zero-order chi connectivity index (χ0) is 26.0. The summed E-state index contributed by atoms with van der Waals surface area (Å²) in [5.74, 6) is -0.409. The predicted molar refractivity (Wildman–Crippen MR) is 147 cm³/mol. The standard InChI is InChI=1S/C28H30N6O2S/c29-23-9-1-2-10-27-33-34-28(37-27)32-26(36)18-22-8-4-6-20(16-22)12-11-19-5-3-7-21(15-19)17-25(35)31-24(30)14-13-23/h3-8,13-16,29H,1-2,9-12,17-18H2,(H2,30,31,35)(H,32,34,36)/b14-13-,29-23?. The molecule has 1 aliphatic rings. The largest absolute Gasteiger partial charge is 0.311 e. The number of hydrogen-bond acceptors (Lipinski definition) is 7. The fraction of sp³-hybridized carbons (Fsp3) is 0.286. The molecule has 0 aliphatic carbocycles. The van der Waals surface area contributed by atoms with Gasteiger partial charge in [-0.3, -0.25) is 15.0 Å². The van der Waals surface area contributed by atoms with Crippen molar-refractivity contribution >= 4 is 39.8 Å². The Balaban J connectivity index is 1.48. The third-order valence-electron chi connectivity index (χ3n) is 5.94. The SMILES string of the molecule is N=C1/C=C\C(=N)NC(=O)Cc2cccc(c2)CCc2cccc(c2)CC(=O)Nc2nnc(s2)CCCC1. The van der Waals surface area contributed by atoms with Crippen LogP contribution in [0.3, 0.4) is 0 Å². The van der Waals surface area contributed by atoms with Crippen LogP contribution in [0.5, 0.6) is 0 Å². The van der Waals surface area contributed by atoms with Crippen molar-refractivity contribution in [2.45, 2.75) is 51.4 Å². The van der Waals surface area contributed by atoms with E-state index >= 15 is 0 Å². The Morgan fingerprint density at radius 1 is 0.703 bits per heavy atom. The summed E-state index contributed by atoms with van der Waals surface area (Å²) < 4.78 is 0. The fourth-order valence-corrected chi connectivity index (χ4v) is 4.91. The van der Waals surface area contributed by atoms with Crippen LogP contribution in [0.1, 0.15) is 46.5 Å². The van der Waals surface area contributed by atoms with Crippen LogP contribution in [0, 0.1) is 10.8 Å². The molecule has 6 bridgehead atoms. The number of aromatic nitrogens is 2. The zero-order valence-electron chi connectivity index (χ0n) is 20.5. The number of allylic oxidation sites excluding steroid dienone is 1. The molecule has 3 aromatic rings. The van der Waals surface area contributed by atoms with E-state index in [-0.39, 0.29) is 30.5 Å². The zero-order valence-corrected chi connectivity index (χ0v) is 21.4. The molecular weight excluding hydrogens is 484 g/mol. The van der Waals surface area contributed by atoms with Crippen molar-refractivity contribution < 1.29 is 9.59 Å². The molecule has 2 aromatic carbocycles. The first-order valence-electron chi connectivity index (χ1n) is 12.3. The van der Waals surface area contributed by atoms with Gasteiger partial charge in [0.1, 0.15) is 10.8 Å². The number of anilines is 1. The minimum absolute atomic E-state index is 0.0280. The summed E-state index contributed by atoms with van der Waals surface area (Å²) in [6.45, 7) is 0. The van der Waals surface area contributed by atoms with Crippen LogP contribution in [-0.4, -0.2) is 33.6 Å². The lowest BCUT2D eigenvalue weighted by molar-refractivity contribution is -0.119. The summed E-state index contributed by atoms with van der Waals surface area (Å²) in [7, 11) is 0. The third-order valence-corrected chi connectivity index (χ3v) is 6.84. The topological polar surface area (TPSA) is 132 Å². The average molecular weight is 515 g/mol. The molecule has 0 saturated heterocycles. The Morgan fingerprint density at radius 2 is 1.30 bits per heavy atom. The molecule has 37 heavy (non-hydrogen) atoms. The quantitative estimate of drug-likeness (QED) is 0.353. The highest BCUT2D eigenvalue weighted by atomic mass is 32.1. The Labute approximate surface area is 220 Å². The monoisotopic (exact) mass is 514 g/mol. The van der Waals surface area contributed by atoms with E-state index in [4.69, 9.17) is 10.8 Å². The van der Waals surface area contributed by atoms with E-state index < -0.39 is 0 Å². The summed E-state index contributed by atoms with van der Waals surface area (Å²) in [4.78, 5) is 25.0. The molecule has 1 aromatic heterocycles. The molecule has 0 fully saturated rings. The van der Waals surface area contributed by atoms with Gasteiger partial charge in [-0.05, 0) is 66.5 Å². The summed E-state index contributed by atoms with van der Waals surface area (Å²) in [5, 5.41) is 31.1. The molecule has 0 atom stereocenters. The molecule has 2 heterocycles. The maximum Gasteiger partial charge on any atom is 0.230 e. The van der Waals surface area contributed by atoms with Gasteiger partial charge in [0, 0.05) is 12.1 Å². The Kier molecular flexibility index (Phi) is 9.04. The fourth-order valence-electron chi connectivity index (χ4n) is 4.11. The summed E-state index contributed by atoms with van der Waals surface area (Å²) >= 11 is 1.37. The Hall–Kier alpha value is -3.98. The second kappa shape index (κ2) is 12.8. The van der Waals surface area contributed by atoms with Gasteiger partial charge in [0.05, 0.1) is 12.8 Å².